The van der Waals surface area contributed by atoms with Crippen molar-refractivity contribution < 1.29 is 9.90 Å². The third-order valence-corrected chi connectivity index (χ3v) is 2.00. The van der Waals surface area contributed by atoms with Gasteiger partial charge in [-0.3, -0.25) is 4.79 Å². The topological polar surface area (TPSA) is 49.3 Å². The van der Waals surface area contributed by atoms with Gasteiger partial charge in [0.2, 0.25) is 0 Å². The van der Waals surface area contributed by atoms with E-state index in [4.69, 9.17) is 5.11 Å². The number of thioether (sulfide) groups is 1. The fourth-order valence-corrected chi connectivity index (χ4v) is 1.28. The van der Waals surface area contributed by atoms with E-state index in [0.717, 1.165) is 12.0 Å². The lowest BCUT2D eigenvalue weighted by molar-refractivity contribution is -0.116. The molecule has 1 fully saturated rings. The van der Waals surface area contributed by atoms with E-state index in [2.05, 4.69) is 5.32 Å². The maximum atomic E-state index is 10.7. The number of nitrogens with one attached hydrogen (secondary N) is 1. The van der Waals surface area contributed by atoms with Crippen LogP contribution in [0, 0.1) is 0 Å². The Morgan fingerprint density at radius 3 is 3.00 bits per heavy atom. The number of aliphatic hydroxyl groups excluding tert-OH is 1. The van der Waals surface area contributed by atoms with E-state index in [9.17, 15) is 4.79 Å². The van der Waals surface area contributed by atoms with Gasteiger partial charge in [-0.1, -0.05) is 0 Å². The van der Waals surface area contributed by atoms with Crippen LogP contribution in [-0.4, -0.2) is 23.3 Å². The van der Waals surface area contributed by atoms with Crippen LogP contribution in [0.1, 0.15) is 0 Å². The first-order valence-electron chi connectivity index (χ1n) is 2.60. The van der Waals surface area contributed by atoms with Crippen LogP contribution >= 0.6 is 11.8 Å². The molecule has 4 heteroatoms. The van der Waals surface area contributed by atoms with Gasteiger partial charge in [0.05, 0.1) is 6.26 Å². The number of aliphatic hydroxyl groups is 1. The van der Waals surface area contributed by atoms with Crippen LogP contribution in [0.3, 0.4) is 0 Å². The van der Waals surface area contributed by atoms with Crippen LogP contribution in [0.4, 0.5) is 0 Å². The molecule has 0 radical (unpaired) electrons. The normalized spacial score (nSPS) is 24.0. The number of amides is 1. The molecule has 2 N–H and O–H groups in total. The minimum absolute atomic E-state index is 0.172. The van der Waals surface area contributed by atoms with E-state index < -0.39 is 0 Å². The van der Waals surface area contributed by atoms with Crippen molar-refractivity contribution in [3.05, 3.63) is 11.2 Å². The molecule has 1 aliphatic heterocycles. The Bertz CT molecular complexity index is 155. The van der Waals surface area contributed by atoms with Crippen LogP contribution in [-0.2, 0) is 4.79 Å². The number of hydrogen-bond acceptors (Lipinski definition) is 3. The molecular weight excluding hydrogens is 138 g/mol. The monoisotopic (exact) mass is 145 g/mol. The molecule has 9 heavy (non-hydrogen) atoms. The van der Waals surface area contributed by atoms with Gasteiger partial charge in [-0.2, -0.15) is 0 Å². The zero-order valence-corrected chi connectivity index (χ0v) is 5.57. The highest BCUT2D eigenvalue weighted by Crippen LogP contribution is 2.16. The van der Waals surface area contributed by atoms with Crippen LogP contribution in [0.25, 0.3) is 0 Å². The Balaban J connectivity index is 2.60. The first kappa shape index (κ1) is 6.48. The largest absolute Gasteiger partial charge is 0.514 e. The molecule has 1 aliphatic rings. The van der Waals surface area contributed by atoms with Gasteiger partial charge in [0.25, 0.3) is 5.91 Å². The standard InChI is InChI=1S/C5H7NO2S/c7-3-4-5(8)6-1-2-9-4/h3,7H,1-2H2,(H,6,8)/b4-3+. The first-order chi connectivity index (χ1) is 4.34. The Hall–Kier alpha value is -0.640. The second kappa shape index (κ2) is 2.77. The highest BCUT2D eigenvalue weighted by Gasteiger charge is 2.13. The molecule has 0 aromatic carbocycles. The number of rotatable bonds is 0. The number of carbonyl (C=O) groups excluding carboxylic acids is 1. The summed E-state index contributed by atoms with van der Waals surface area (Å²) in [4.78, 5) is 11.1. The Morgan fingerprint density at radius 2 is 2.56 bits per heavy atom. The highest BCUT2D eigenvalue weighted by atomic mass is 32.2. The van der Waals surface area contributed by atoms with E-state index in [0.29, 0.717) is 11.4 Å². The Morgan fingerprint density at radius 1 is 1.78 bits per heavy atom. The lowest BCUT2D eigenvalue weighted by Crippen LogP contribution is -2.30. The third-order valence-electron chi connectivity index (χ3n) is 0.986. The summed E-state index contributed by atoms with van der Waals surface area (Å²) in [6.45, 7) is 0.695. The fourth-order valence-electron chi connectivity index (χ4n) is 0.574. The number of carbonyl (C=O) groups is 1. The molecule has 0 spiro atoms. The Kier molecular flexibility index (Phi) is 2.00. The molecule has 50 valence electrons. The predicted octanol–water partition coefficient (Wildman–Crippen LogP) is 0.249. The van der Waals surface area contributed by atoms with Gasteiger partial charge in [0.1, 0.15) is 4.91 Å². The van der Waals surface area contributed by atoms with Crippen LogP contribution in [0.15, 0.2) is 11.2 Å². The van der Waals surface area contributed by atoms with E-state index in [1.54, 1.807) is 0 Å². The lowest BCUT2D eigenvalue weighted by atomic mass is 10.5. The minimum Gasteiger partial charge on any atom is -0.514 e. The second-order valence-electron chi connectivity index (χ2n) is 1.60. The summed E-state index contributed by atoms with van der Waals surface area (Å²) in [5, 5.41) is 11.0. The average molecular weight is 145 g/mol. The molecule has 0 atom stereocenters. The van der Waals surface area contributed by atoms with Gasteiger partial charge in [-0.25, -0.2) is 0 Å². The molecule has 1 heterocycles. The fraction of sp³-hybridized carbons (Fsp3) is 0.400. The third kappa shape index (κ3) is 1.38. The number of hydrogen-bond donors (Lipinski definition) is 2. The summed E-state index contributed by atoms with van der Waals surface area (Å²) >= 11 is 1.37. The molecule has 1 saturated heterocycles. The van der Waals surface area contributed by atoms with Gasteiger partial charge < -0.3 is 10.4 Å². The van der Waals surface area contributed by atoms with Gasteiger partial charge >= 0.3 is 0 Å². The summed E-state index contributed by atoms with van der Waals surface area (Å²) in [6, 6.07) is 0. The molecule has 0 bridgehead atoms. The average Bonchev–Trinajstić information content (AvgIpc) is 1.89. The van der Waals surface area contributed by atoms with E-state index in [1.807, 2.05) is 0 Å². The van der Waals surface area contributed by atoms with Gasteiger partial charge in [-0.15, -0.1) is 11.8 Å². The quantitative estimate of drug-likeness (QED) is 0.379. The lowest BCUT2D eigenvalue weighted by Gasteiger charge is -2.11. The summed E-state index contributed by atoms with van der Waals surface area (Å²) in [6.07, 6.45) is 0.846. The predicted molar refractivity (Wildman–Crippen MR) is 36.2 cm³/mol. The van der Waals surface area contributed by atoms with Crippen molar-refractivity contribution in [2.75, 3.05) is 12.3 Å². The van der Waals surface area contributed by atoms with Crippen molar-refractivity contribution in [3.8, 4) is 0 Å². The Labute approximate surface area is 57.1 Å². The summed E-state index contributed by atoms with van der Waals surface area (Å²) < 4.78 is 0. The van der Waals surface area contributed by atoms with Crippen molar-refractivity contribution in [2.45, 2.75) is 0 Å². The zero-order valence-electron chi connectivity index (χ0n) is 4.76. The zero-order chi connectivity index (χ0) is 6.69. The molecule has 0 unspecified atom stereocenters. The maximum Gasteiger partial charge on any atom is 0.260 e. The smallest absolute Gasteiger partial charge is 0.260 e. The van der Waals surface area contributed by atoms with Crippen molar-refractivity contribution in [2.24, 2.45) is 0 Å². The van der Waals surface area contributed by atoms with Crippen molar-refractivity contribution >= 4 is 17.7 Å². The molecule has 1 amide bonds. The molecule has 0 aromatic heterocycles. The van der Waals surface area contributed by atoms with Crippen molar-refractivity contribution in [1.82, 2.24) is 5.32 Å². The molecule has 0 saturated carbocycles. The summed E-state index contributed by atoms with van der Waals surface area (Å²) in [7, 11) is 0. The molecule has 0 aromatic rings. The second-order valence-corrected chi connectivity index (χ2v) is 2.73. The van der Waals surface area contributed by atoms with Crippen LogP contribution < -0.4 is 5.32 Å². The molecule has 3 nitrogen and oxygen atoms in total. The SMILES string of the molecule is O=C1NCCS/C1=C/O. The molecule has 1 rings (SSSR count). The first-order valence-corrected chi connectivity index (χ1v) is 3.58. The maximum absolute atomic E-state index is 10.7. The van der Waals surface area contributed by atoms with Gasteiger partial charge in [0, 0.05) is 12.3 Å². The van der Waals surface area contributed by atoms with Gasteiger partial charge in [0.15, 0.2) is 0 Å². The van der Waals surface area contributed by atoms with Crippen LogP contribution in [0.2, 0.25) is 0 Å². The van der Waals surface area contributed by atoms with Crippen molar-refractivity contribution in [3.63, 3.8) is 0 Å². The summed E-state index contributed by atoms with van der Waals surface area (Å²) in [5.74, 6) is 0.673. The minimum atomic E-state index is -0.172. The van der Waals surface area contributed by atoms with E-state index >= 15 is 0 Å². The van der Waals surface area contributed by atoms with Crippen LogP contribution in [0.5, 0.6) is 0 Å². The highest BCUT2D eigenvalue weighted by molar-refractivity contribution is 8.04. The molecular formula is C5H7NO2S. The summed E-state index contributed by atoms with van der Waals surface area (Å²) in [5.41, 5.74) is 0. The van der Waals surface area contributed by atoms with E-state index in [-0.39, 0.29) is 5.91 Å². The van der Waals surface area contributed by atoms with Crippen molar-refractivity contribution in [1.29, 1.82) is 0 Å². The van der Waals surface area contributed by atoms with Gasteiger partial charge in [-0.05, 0) is 0 Å². The van der Waals surface area contributed by atoms with E-state index in [1.165, 1.54) is 11.8 Å². The molecule has 0 aliphatic carbocycles.